The molecule has 24 heavy (non-hydrogen) atoms. The van der Waals surface area contributed by atoms with E-state index in [1.54, 1.807) is 24.1 Å². The molecule has 0 spiro atoms. The molecule has 1 aromatic carbocycles. The van der Waals surface area contributed by atoms with Crippen LogP contribution < -0.4 is 5.73 Å². The van der Waals surface area contributed by atoms with Crippen molar-refractivity contribution in [3.05, 3.63) is 29.3 Å². The Bertz CT molecular complexity index is 697. The number of hydrogen-bond acceptors (Lipinski definition) is 4. The number of benzene rings is 1. The van der Waals surface area contributed by atoms with Crippen LogP contribution in [-0.2, 0) is 10.0 Å². The van der Waals surface area contributed by atoms with E-state index in [4.69, 9.17) is 5.73 Å². The zero-order valence-electron chi connectivity index (χ0n) is 14.7. The smallest absolute Gasteiger partial charge is 0.254 e. The van der Waals surface area contributed by atoms with Crippen LogP contribution >= 0.6 is 0 Å². The topological polar surface area (TPSA) is 83.7 Å². The van der Waals surface area contributed by atoms with Crippen LogP contribution in [0, 0.1) is 6.92 Å². The van der Waals surface area contributed by atoms with Crippen LogP contribution in [0.5, 0.6) is 0 Å². The molecule has 1 aliphatic heterocycles. The molecule has 0 radical (unpaired) electrons. The predicted octanol–water partition coefficient (Wildman–Crippen LogP) is 1.59. The Kier molecular flexibility index (Phi) is 6.01. The molecule has 0 bridgehead atoms. The first-order valence-corrected chi connectivity index (χ1v) is 9.81. The van der Waals surface area contributed by atoms with Crippen molar-refractivity contribution in [3.63, 3.8) is 0 Å². The van der Waals surface area contributed by atoms with Gasteiger partial charge in [0.15, 0.2) is 0 Å². The van der Waals surface area contributed by atoms with Crippen LogP contribution in [0.25, 0.3) is 0 Å². The van der Waals surface area contributed by atoms with E-state index >= 15 is 0 Å². The molecule has 0 aromatic heterocycles. The molecule has 2 rings (SSSR count). The molecule has 1 atom stereocenters. The van der Waals surface area contributed by atoms with E-state index in [9.17, 15) is 13.2 Å². The van der Waals surface area contributed by atoms with E-state index in [0.717, 1.165) is 24.8 Å². The number of carbonyl (C=O) groups is 1. The van der Waals surface area contributed by atoms with E-state index < -0.39 is 10.0 Å². The fraction of sp³-hybridized carbons (Fsp3) is 0.588. The van der Waals surface area contributed by atoms with Gasteiger partial charge in [-0.3, -0.25) is 4.79 Å². The number of sulfonamides is 1. The number of nitrogens with two attached hydrogens (primary N) is 1. The SMILES string of the molecule is Cc1ccc(S(=O)(=O)N2CCCCC2)cc1C(=O)N(C)C(C)CN. The van der Waals surface area contributed by atoms with E-state index in [2.05, 4.69) is 0 Å². The van der Waals surface area contributed by atoms with Gasteiger partial charge in [-0.25, -0.2) is 8.42 Å². The molecule has 0 saturated carbocycles. The lowest BCUT2D eigenvalue weighted by Crippen LogP contribution is -2.40. The summed E-state index contributed by atoms with van der Waals surface area (Å²) >= 11 is 0. The Morgan fingerprint density at radius 1 is 1.29 bits per heavy atom. The number of rotatable bonds is 5. The molecule has 1 fully saturated rings. The van der Waals surface area contributed by atoms with Gasteiger partial charge in [0.05, 0.1) is 4.90 Å². The Balaban J connectivity index is 2.36. The lowest BCUT2D eigenvalue weighted by atomic mass is 10.1. The zero-order chi connectivity index (χ0) is 17.9. The van der Waals surface area contributed by atoms with Crippen LogP contribution in [0.1, 0.15) is 42.1 Å². The predicted molar refractivity (Wildman–Crippen MR) is 94.4 cm³/mol. The minimum Gasteiger partial charge on any atom is -0.338 e. The molecule has 7 heteroatoms. The van der Waals surface area contributed by atoms with Crippen molar-refractivity contribution in [2.24, 2.45) is 5.73 Å². The summed E-state index contributed by atoms with van der Waals surface area (Å²) in [4.78, 5) is 14.4. The molecule has 1 aromatic rings. The first-order chi connectivity index (χ1) is 11.3. The van der Waals surface area contributed by atoms with Gasteiger partial charge in [0.2, 0.25) is 10.0 Å². The lowest BCUT2D eigenvalue weighted by molar-refractivity contribution is 0.0747. The Hall–Kier alpha value is -1.44. The van der Waals surface area contributed by atoms with Crippen LogP contribution in [0.15, 0.2) is 23.1 Å². The highest BCUT2D eigenvalue weighted by Crippen LogP contribution is 2.23. The van der Waals surface area contributed by atoms with Crippen LogP contribution in [-0.4, -0.2) is 56.3 Å². The number of aryl methyl sites for hydroxylation is 1. The summed E-state index contributed by atoms with van der Waals surface area (Å²) in [6, 6.07) is 4.67. The maximum absolute atomic E-state index is 12.8. The monoisotopic (exact) mass is 353 g/mol. The fourth-order valence-corrected chi connectivity index (χ4v) is 4.34. The molecule has 2 N–H and O–H groups in total. The largest absolute Gasteiger partial charge is 0.338 e. The minimum atomic E-state index is -3.55. The highest BCUT2D eigenvalue weighted by Gasteiger charge is 2.27. The van der Waals surface area contributed by atoms with Gasteiger partial charge in [0.1, 0.15) is 0 Å². The molecule has 134 valence electrons. The normalized spacial score (nSPS) is 17.5. The first kappa shape index (κ1) is 18.9. The standard InChI is InChI=1S/C17H27N3O3S/c1-13-7-8-15(24(22,23)20-9-5-4-6-10-20)11-16(13)17(21)19(3)14(2)12-18/h7-8,11,14H,4-6,9-10,12,18H2,1-3H3. The first-order valence-electron chi connectivity index (χ1n) is 8.37. The second-order valence-electron chi connectivity index (χ2n) is 6.44. The van der Waals surface area contributed by atoms with E-state index in [0.29, 0.717) is 25.2 Å². The van der Waals surface area contributed by atoms with Crippen molar-refractivity contribution in [2.75, 3.05) is 26.7 Å². The van der Waals surface area contributed by atoms with Crippen molar-refractivity contribution >= 4 is 15.9 Å². The number of hydrogen-bond donors (Lipinski definition) is 1. The van der Waals surface area contributed by atoms with Gasteiger partial charge in [0.25, 0.3) is 5.91 Å². The number of carbonyl (C=O) groups excluding carboxylic acids is 1. The second kappa shape index (κ2) is 7.63. The van der Waals surface area contributed by atoms with E-state index in [1.807, 2.05) is 13.8 Å². The molecule has 1 amide bonds. The highest BCUT2D eigenvalue weighted by atomic mass is 32.2. The maximum Gasteiger partial charge on any atom is 0.254 e. The summed E-state index contributed by atoms with van der Waals surface area (Å²) in [7, 11) is -1.86. The summed E-state index contributed by atoms with van der Waals surface area (Å²) in [5.41, 5.74) is 6.80. The average molecular weight is 353 g/mol. The summed E-state index contributed by atoms with van der Waals surface area (Å²) in [5, 5.41) is 0. The highest BCUT2D eigenvalue weighted by molar-refractivity contribution is 7.89. The Morgan fingerprint density at radius 3 is 2.50 bits per heavy atom. The third kappa shape index (κ3) is 3.79. The number of likely N-dealkylation sites (N-methyl/N-ethyl adjacent to an activating group) is 1. The molecular weight excluding hydrogens is 326 g/mol. The van der Waals surface area contributed by atoms with Gasteiger partial charge >= 0.3 is 0 Å². The van der Waals surface area contributed by atoms with Crippen molar-refractivity contribution in [1.82, 2.24) is 9.21 Å². The molecule has 1 saturated heterocycles. The van der Waals surface area contributed by atoms with E-state index in [-0.39, 0.29) is 16.8 Å². The van der Waals surface area contributed by atoms with Gasteiger partial charge < -0.3 is 10.6 Å². The molecular formula is C17H27N3O3S. The Morgan fingerprint density at radius 2 is 1.92 bits per heavy atom. The third-order valence-electron chi connectivity index (χ3n) is 4.71. The average Bonchev–Trinajstić information content (AvgIpc) is 2.60. The van der Waals surface area contributed by atoms with Gasteiger partial charge in [-0.2, -0.15) is 4.31 Å². The molecule has 1 aliphatic rings. The van der Waals surface area contributed by atoms with Gasteiger partial charge in [-0.15, -0.1) is 0 Å². The quantitative estimate of drug-likeness (QED) is 0.871. The summed E-state index contributed by atoms with van der Waals surface area (Å²) in [5.74, 6) is -0.207. The third-order valence-corrected chi connectivity index (χ3v) is 6.61. The van der Waals surface area contributed by atoms with Gasteiger partial charge in [-0.05, 0) is 44.4 Å². The molecule has 6 nitrogen and oxygen atoms in total. The molecule has 1 unspecified atom stereocenters. The van der Waals surface area contributed by atoms with Crippen LogP contribution in [0.3, 0.4) is 0 Å². The summed E-state index contributed by atoms with van der Waals surface area (Å²) in [6.07, 6.45) is 2.83. The van der Waals surface area contributed by atoms with E-state index in [1.165, 1.54) is 10.4 Å². The zero-order valence-corrected chi connectivity index (χ0v) is 15.5. The van der Waals surface area contributed by atoms with Crippen molar-refractivity contribution in [3.8, 4) is 0 Å². The van der Waals surface area contributed by atoms with Gasteiger partial charge in [0, 0.05) is 38.3 Å². The minimum absolute atomic E-state index is 0.112. The lowest BCUT2D eigenvalue weighted by Gasteiger charge is -2.27. The van der Waals surface area contributed by atoms with Crippen molar-refractivity contribution in [2.45, 2.75) is 44.0 Å². The summed E-state index contributed by atoms with van der Waals surface area (Å²) in [6.45, 7) is 5.12. The Labute approximate surface area is 144 Å². The van der Waals surface area contributed by atoms with Crippen molar-refractivity contribution < 1.29 is 13.2 Å². The summed E-state index contributed by atoms with van der Waals surface area (Å²) < 4.78 is 27.1. The number of piperidine rings is 1. The second-order valence-corrected chi connectivity index (χ2v) is 8.38. The number of amides is 1. The fourth-order valence-electron chi connectivity index (χ4n) is 2.79. The van der Waals surface area contributed by atoms with Crippen LogP contribution in [0.2, 0.25) is 0 Å². The maximum atomic E-state index is 12.8. The molecule has 0 aliphatic carbocycles. The molecule has 1 heterocycles. The van der Waals surface area contributed by atoms with Crippen LogP contribution in [0.4, 0.5) is 0 Å². The van der Waals surface area contributed by atoms with Crippen molar-refractivity contribution in [1.29, 1.82) is 0 Å². The number of nitrogens with zero attached hydrogens (tertiary/aromatic N) is 2. The van der Waals surface area contributed by atoms with Gasteiger partial charge in [-0.1, -0.05) is 12.5 Å².